The first kappa shape index (κ1) is 27.0. The van der Waals surface area contributed by atoms with Crippen LogP contribution in [-0.4, -0.2) is 62.3 Å². The number of aliphatic hydroxyl groups excluding tert-OH is 1. The number of carbonyl (C=O) groups excluding carboxylic acids is 2. The molecule has 1 aromatic carbocycles. The number of alkyl halides is 3. The normalized spacial score (nSPS) is 17.6. The zero-order valence-electron chi connectivity index (χ0n) is 20.3. The largest absolute Gasteiger partial charge is 0.440 e. The number of aryl methyl sites for hydroxylation is 1. The number of hydrogen-bond acceptors (Lipinski definition) is 7. The van der Waals surface area contributed by atoms with Crippen LogP contribution in [0.15, 0.2) is 36.7 Å². The van der Waals surface area contributed by atoms with Crippen LogP contribution in [0.5, 0.6) is 0 Å². The van der Waals surface area contributed by atoms with Gasteiger partial charge >= 0.3 is 12.3 Å². The molecule has 0 saturated heterocycles. The van der Waals surface area contributed by atoms with E-state index >= 15 is 0 Å². The minimum absolute atomic E-state index is 0.124. The lowest BCUT2D eigenvalue weighted by atomic mass is 10.00. The van der Waals surface area contributed by atoms with Crippen molar-refractivity contribution >= 4 is 17.8 Å². The molecule has 2 aromatic heterocycles. The predicted molar refractivity (Wildman–Crippen MR) is 126 cm³/mol. The van der Waals surface area contributed by atoms with E-state index in [1.54, 1.807) is 30.5 Å². The Labute approximate surface area is 214 Å². The summed E-state index contributed by atoms with van der Waals surface area (Å²) in [4.78, 5) is 28.9. The number of ether oxygens (including phenoxy) is 1. The standard InChI is InChI=1S/C24H24F4N6O4/c1-12-6-17(25)16(7-14(12)15-8-19(15)31-23(37)38-10-24(26,27)28)22(36)32-20-5-3-4-18(30-20)21-33-29-11-34(21)13(2)9-35/h3-7,11,13,15,19,35H,8-10H2,1-2H3,(H,31,37)(H,30,32,36)/t13-,15?,19?/m1/s1. The van der Waals surface area contributed by atoms with E-state index in [-0.39, 0.29) is 29.9 Å². The Bertz CT molecular complexity index is 1350. The Morgan fingerprint density at radius 1 is 1.29 bits per heavy atom. The van der Waals surface area contributed by atoms with Crippen LogP contribution in [0.4, 0.5) is 28.2 Å². The van der Waals surface area contributed by atoms with Gasteiger partial charge in [-0.05, 0) is 55.7 Å². The van der Waals surface area contributed by atoms with Crippen molar-refractivity contribution in [1.29, 1.82) is 0 Å². The minimum atomic E-state index is -4.64. The van der Waals surface area contributed by atoms with Crippen LogP contribution in [0, 0.1) is 12.7 Å². The molecule has 0 aliphatic heterocycles. The molecule has 0 bridgehead atoms. The number of aromatic nitrogens is 4. The molecule has 1 saturated carbocycles. The van der Waals surface area contributed by atoms with Crippen molar-refractivity contribution in [2.45, 2.75) is 44.4 Å². The Hall–Kier alpha value is -4.07. The van der Waals surface area contributed by atoms with Crippen LogP contribution in [0.25, 0.3) is 11.5 Å². The molecule has 202 valence electrons. The number of carbonyl (C=O) groups is 2. The van der Waals surface area contributed by atoms with Crippen LogP contribution >= 0.6 is 0 Å². The number of alkyl carbamates (subject to hydrolysis) is 1. The average Bonchev–Trinajstić information content (AvgIpc) is 3.42. The van der Waals surface area contributed by atoms with Crippen LogP contribution in [0.1, 0.15) is 46.8 Å². The van der Waals surface area contributed by atoms with E-state index in [0.717, 1.165) is 0 Å². The summed E-state index contributed by atoms with van der Waals surface area (Å²) in [5.74, 6) is -1.37. The number of benzene rings is 1. The fourth-order valence-electron chi connectivity index (χ4n) is 3.95. The van der Waals surface area contributed by atoms with Crippen molar-refractivity contribution in [3.63, 3.8) is 0 Å². The number of aliphatic hydroxyl groups is 1. The highest BCUT2D eigenvalue weighted by molar-refractivity contribution is 6.04. The second-order valence-electron chi connectivity index (χ2n) is 8.93. The summed E-state index contributed by atoms with van der Waals surface area (Å²) in [5, 5.41) is 22.2. The Morgan fingerprint density at radius 3 is 2.76 bits per heavy atom. The first-order chi connectivity index (χ1) is 18.0. The van der Waals surface area contributed by atoms with Gasteiger partial charge in [-0.25, -0.2) is 14.2 Å². The van der Waals surface area contributed by atoms with Gasteiger partial charge in [-0.1, -0.05) is 6.07 Å². The summed E-state index contributed by atoms with van der Waals surface area (Å²) >= 11 is 0. The number of rotatable bonds is 8. The summed E-state index contributed by atoms with van der Waals surface area (Å²) in [6.07, 6.45) is -4.00. The Morgan fingerprint density at radius 2 is 2.05 bits per heavy atom. The molecule has 4 rings (SSSR count). The Balaban J connectivity index is 1.47. The van der Waals surface area contributed by atoms with E-state index in [4.69, 9.17) is 0 Å². The molecular formula is C24H24F4N6O4. The number of anilines is 1. The van der Waals surface area contributed by atoms with Gasteiger partial charge in [0, 0.05) is 12.0 Å². The highest BCUT2D eigenvalue weighted by atomic mass is 19.4. The van der Waals surface area contributed by atoms with E-state index in [0.29, 0.717) is 29.1 Å². The third-order valence-corrected chi connectivity index (χ3v) is 5.99. The molecule has 3 atom stereocenters. The maximum atomic E-state index is 14.7. The van der Waals surface area contributed by atoms with Crippen molar-refractivity contribution in [1.82, 2.24) is 25.1 Å². The third kappa shape index (κ3) is 6.25. The van der Waals surface area contributed by atoms with Crippen molar-refractivity contribution in [2.24, 2.45) is 0 Å². The van der Waals surface area contributed by atoms with Crippen LogP contribution < -0.4 is 10.6 Å². The van der Waals surface area contributed by atoms with Gasteiger partial charge in [-0.3, -0.25) is 4.79 Å². The van der Waals surface area contributed by atoms with Crippen molar-refractivity contribution in [3.05, 3.63) is 59.2 Å². The molecule has 0 spiro atoms. The first-order valence-corrected chi connectivity index (χ1v) is 11.6. The molecule has 10 nitrogen and oxygen atoms in total. The lowest BCUT2D eigenvalue weighted by Gasteiger charge is -2.13. The molecule has 2 unspecified atom stereocenters. The third-order valence-electron chi connectivity index (χ3n) is 5.99. The monoisotopic (exact) mass is 536 g/mol. The molecule has 1 aliphatic rings. The van der Waals surface area contributed by atoms with E-state index in [9.17, 15) is 32.3 Å². The van der Waals surface area contributed by atoms with Crippen LogP contribution in [-0.2, 0) is 4.74 Å². The quantitative estimate of drug-likeness (QED) is 0.374. The van der Waals surface area contributed by atoms with Gasteiger partial charge in [-0.15, -0.1) is 10.2 Å². The van der Waals surface area contributed by atoms with Gasteiger partial charge in [0.15, 0.2) is 12.4 Å². The van der Waals surface area contributed by atoms with Gasteiger partial charge in [0.1, 0.15) is 23.7 Å². The number of hydrogen-bond donors (Lipinski definition) is 3. The maximum Gasteiger partial charge on any atom is 0.422 e. The van der Waals surface area contributed by atoms with Crippen LogP contribution in [0.2, 0.25) is 0 Å². The maximum absolute atomic E-state index is 14.7. The summed E-state index contributed by atoms with van der Waals surface area (Å²) in [6, 6.07) is 6.50. The lowest BCUT2D eigenvalue weighted by Crippen LogP contribution is -2.31. The Kier molecular flexibility index (Phi) is 7.62. The predicted octanol–water partition coefficient (Wildman–Crippen LogP) is 3.74. The lowest BCUT2D eigenvalue weighted by molar-refractivity contribution is -0.160. The second kappa shape index (κ2) is 10.7. The molecular weight excluding hydrogens is 512 g/mol. The molecule has 0 radical (unpaired) electrons. The summed E-state index contributed by atoms with van der Waals surface area (Å²) in [5.41, 5.74) is 1.20. The zero-order chi connectivity index (χ0) is 27.6. The zero-order valence-corrected chi connectivity index (χ0v) is 20.3. The summed E-state index contributed by atoms with van der Waals surface area (Å²) < 4.78 is 57.2. The summed E-state index contributed by atoms with van der Waals surface area (Å²) in [7, 11) is 0. The van der Waals surface area contributed by atoms with Crippen molar-refractivity contribution in [2.75, 3.05) is 18.5 Å². The number of nitrogens with one attached hydrogen (secondary N) is 2. The fourth-order valence-corrected chi connectivity index (χ4v) is 3.95. The molecule has 1 fully saturated rings. The second-order valence-corrected chi connectivity index (χ2v) is 8.93. The summed E-state index contributed by atoms with van der Waals surface area (Å²) in [6.45, 7) is 1.54. The molecule has 38 heavy (non-hydrogen) atoms. The van der Waals surface area contributed by atoms with E-state index in [1.807, 2.05) is 0 Å². The fraction of sp³-hybridized carbons (Fsp3) is 0.375. The van der Waals surface area contributed by atoms with Gasteiger partial charge in [0.05, 0.1) is 18.2 Å². The molecule has 3 aromatic rings. The number of halogens is 4. The van der Waals surface area contributed by atoms with Gasteiger partial charge in [0.2, 0.25) is 0 Å². The molecule has 14 heteroatoms. The van der Waals surface area contributed by atoms with Crippen molar-refractivity contribution < 1.29 is 37.0 Å². The average molecular weight is 536 g/mol. The molecule has 1 aliphatic carbocycles. The number of pyridine rings is 1. The highest BCUT2D eigenvalue weighted by Crippen LogP contribution is 2.43. The first-order valence-electron chi connectivity index (χ1n) is 11.6. The minimum Gasteiger partial charge on any atom is -0.440 e. The van der Waals surface area contributed by atoms with Gasteiger partial charge in [-0.2, -0.15) is 13.2 Å². The van der Waals surface area contributed by atoms with Crippen LogP contribution in [0.3, 0.4) is 0 Å². The van der Waals surface area contributed by atoms with Gasteiger partial charge < -0.3 is 25.0 Å². The molecule has 3 N–H and O–H groups in total. The molecule has 2 heterocycles. The van der Waals surface area contributed by atoms with E-state index in [2.05, 4.69) is 30.6 Å². The molecule has 2 amide bonds. The van der Waals surface area contributed by atoms with E-state index in [1.165, 1.54) is 24.5 Å². The number of amides is 2. The van der Waals surface area contributed by atoms with E-state index < -0.39 is 36.6 Å². The topological polar surface area (TPSA) is 131 Å². The number of nitrogens with zero attached hydrogens (tertiary/aromatic N) is 4. The SMILES string of the molecule is Cc1cc(F)c(C(=O)Nc2cccc(-c3nncn3[C@H](C)CO)n2)cc1C1CC1NC(=O)OCC(F)(F)F. The van der Waals surface area contributed by atoms with Crippen molar-refractivity contribution in [3.8, 4) is 11.5 Å². The highest BCUT2D eigenvalue weighted by Gasteiger charge is 2.42. The van der Waals surface area contributed by atoms with Gasteiger partial charge in [0.25, 0.3) is 5.91 Å². The smallest absolute Gasteiger partial charge is 0.422 e.